The normalized spacial score (nSPS) is 15.5. The number of hydrogen-bond acceptors (Lipinski definition) is 6. The summed E-state index contributed by atoms with van der Waals surface area (Å²) in [4.78, 5) is 56.1. The highest BCUT2D eigenvalue weighted by molar-refractivity contribution is 7.20. The van der Waals surface area contributed by atoms with Crippen molar-refractivity contribution in [3.63, 3.8) is 0 Å². The standard InChI is InChI=1S/C21H19N5O4S/c1-11-16-19(24-14-6-3-7-25(14)20(16)29)31-17(11)18(28)23-13-5-2-4-12(8-13)10-26-15(27)9-22-21(26)30/h2,4-5,8H,3,6-7,9-10H2,1H3,(H,22,30)(H,23,28). The lowest BCUT2D eigenvalue weighted by Crippen LogP contribution is -2.30. The van der Waals surface area contributed by atoms with Crippen LogP contribution in [0.3, 0.4) is 0 Å². The molecule has 4 heterocycles. The molecule has 2 aliphatic rings. The average Bonchev–Trinajstić information content (AvgIpc) is 3.43. The summed E-state index contributed by atoms with van der Waals surface area (Å²) in [5.41, 5.74) is 1.81. The highest BCUT2D eigenvalue weighted by atomic mass is 32.1. The first-order chi connectivity index (χ1) is 14.9. The Labute approximate surface area is 180 Å². The van der Waals surface area contributed by atoms with E-state index in [1.54, 1.807) is 35.8 Å². The Morgan fingerprint density at radius 1 is 1.29 bits per heavy atom. The zero-order valence-electron chi connectivity index (χ0n) is 16.7. The number of nitrogens with zero attached hydrogens (tertiary/aromatic N) is 3. The largest absolute Gasteiger partial charge is 0.329 e. The summed E-state index contributed by atoms with van der Waals surface area (Å²) in [6.45, 7) is 2.56. The number of aryl methyl sites for hydroxylation is 2. The number of nitrogens with one attached hydrogen (secondary N) is 2. The van der Waals surface area contributed by atoms with Gasteiger partial charge < -0.3 is 10.6 Å². The highest BCUT2D eigenvalue weighted by Crippen LogP contribution is 2.29. The van der Waals surface area contributed by atoms with Crippen molar-refractivity contribution >= 4 is 45.1 Å². The second-order valence-electron chi connectivity index (χ2n) is 7.62. The molecule has 4 amide bonds. The average molecular weight is 437 g/mol. The minimum absolute atomic E-state index is 0.00206. The molecule has 0 unspecified atom stereocenters. The summed E-state index contributed by atoms with van der Waals surface area (Å²) in [5.74, 6) is 0.169. The molecule has 0 aliphatic carbocycles. The molecular formula is C21H19N5O4S. The molecule has 2 N–H and O–H groups in total. The molecule has 0 spiro atoms. The number of amides is 4. The molecule has 9 nitrogen and oxygen atoms in total. The van der Waals surface area contributed by atoms with Crippen molar-refractivity contribution in [2.45, 2.75) is 32.9 Å². The molecule has 1 saturated heterocycles. The Hall–Kier alpha value is -3.53. The van der Waals surface area contributed by atoms with Crippen LogP contribution in [0.2, 0.25) is 0 Å². The summed E-state index contributed by atoms with van der Waals surface area (Å²) in [7, 11) is 0. The van der Waals surface area contributed by atoms with E-state index in [9.17, 15) is 19.2 Å². The molecule has 0 saturated carbocycles. The fraction of sp³-hybridized carbons (Fsp3) is 0.286. The molecule has 0 atom stereocenters. The molecule has 2 aromatic heterocycles. The zero-order chi connectivity index (χ0) is 21.7. The van der Waals surface area contributed by atoms with E-state index in [1.165, 1.54) is 11.3 Å². The van der Waals surface area contributed by atoms with Crippen LogP contribution in [0, 0.1) is 6.92 Å². The number of carbonyl (C=O) groups is 3. The number of carbonyl (C=O) groups excluding carboxylic acids is 3. The maximum absolute atomic E-state index is 13.0. The van der Waals surface area contributed by atoms with Crippen molar-refractivity contribution in [1.82, 2.24) is 19.8 Å². The monoisotopic (exact) mass is 437 g/mol. The molecule has 31 heavy (non-hydrogen) atoms. The van der Waals surface area contributed by atoms with Crippen LogP contribution in [0.4, 0.5) is 10.5 Å². The van der Waals surface area contributed by atoms with Gasteiger partial charge in [-0.25, -0.2) is 9.78 Å². The lowest BCUT2D eigenvalue weighted by molar-refractivity contribution is -0.125. The van der Waals surface area contributed by atoms with Gasteiger partial charge in [-0.2, -0.15) is 0 Å². The van der Waals surface area contributed by atoms with Crippen LogP contribution in [-0.2, 0) is 24.3 Å². The van der Waals surface area contributed by atoms with Crippen LogP contribution in [0.1, 0.15) is 33.0 Å². The topological polar surface area (TPSA) is 113 Å². The highest BCUT2D eigenvalue weighted by Gasteiger charge is 2.28. The second kappa shape index (κ2) is 7.31. The number of imide groups is 1. The third-order valence-corrected chi connectivity index (χ3v) is 6.76. The van der Waals surface area contributed by atoms with Crippen molar-refractivity contribution in [2.24, 2.45) is 0 Å². The van der Waals surface area contributed by atoms with Gasteiger partial charge in [-0.15, -0.1) is 11.3 Å². The number of benzene rings is 1. The van der Waals surface area contributed by atoms with E-state index < -0.39 is 6.03 Å². The lowest BCUT2D eigenvalue weighted by Gasteiger charge is -2.13. The van der Waals surface area contributed by atoms with E-state index in [-0.39, 0.29) is 30.5 Å². The maximum atomic E-state index is 13.0. The fourth-order valence-corrected chi connectivity index (χ4v) is 5.11. The van der Waals surface area contributed by atoms with Crippen molar-refractivity contribution in [3.8, 4) is 0 Å². The van der Waals surface area contributed by atoms with Gasteiger partial charge in [-0.05, 0) is 36.6 Å². The van der Waals surface area contributed by atoms with E-state index >= 15 is 0 Å². The van der Waals surface area contributed by atoms with Crippen LogP contribution >= 0.6 is 11.3 Å². The first kappa shape index (κ1) is 19.4. The Morgan fingerprint density at radius 3 is 2.90 bits per heavy atom. The second-order valence-corrected chi connectivity index (χ2v) is 8.62. The van der Waals surface area contributed by atoms with Gasteiger partial charge in [0, 0.05) is 18.7 Å². The molecule has 3 aromatic rings. The van der Waals surface area contributed by atoms with E-state index in [1.807, 2.05) is 0 Å². The van der Waals surface area contributed by atoms with E-state index in [2.05, 4.69) is 15.6 Å². The summed E-state index contributed by atoms with van der Waals surface area (Å²) < 4.78 is 1.70. The van der Waals surface area contributed by atoms with Gasteiger partial charge in [0.15, 0.2) is 0 Å². The summed E-state index contributed by atoms with van der Waals surface area (Å²) in [5, 5.41) is 5.85. The van der Waals surface area contributed by atoms with Gasteiger partial charge in [0.05, 0.1) is 23.4 Å². The molecule has 1 fully saturated rings. The fourth-order valence-electron chi connectivity index (χ4n) is 4.03. The summed E-state index contributed by atoms with van der Waals surface area (Å²) in [6, 6.07) is 6.57. The predicted octanol–water partition coefficient (Wildman–Crippen LogP) is 2.02. The Balaban J connectivity index is 1.41. The van der Waals surface area contributed by atoms with Gasteiger partial charge in [-0.3, -0.25) is 23.9 Å². The van der Waals surface area contributed by atoms with Crippen LogP contribution < -0.4 is 16.2 Å². The Bertz CT molecular complexity index is 1310. The molecule has 0 bridgehead atoms. The van der Waals surface area contributed by atoms with E-state index in [0.29, 0.717) is 38.5 Å². The maximum Gasteiger partial charge on any atom is 0.324 e. The van der Waals surface area contributed by atoms with Crippen molar-refractivity contribution in [1.29, 1.82) is 0 Å². The quantitative estimate of drug-likeness (QED) is 0.606. The Kier molecular flexibility index (Phi) is 4.58. The summed E-state index contributed by atoms with van der Waals surface area (Å²) >= 11 is 1.22. The summed E-state index contributed by atoms with van der Waals surface area (Å²) in [6.07, 6.45) is 1.68. The third-order valence-electron chi connectivity index (χ3n) is 5.58. The number of thiophene rings is 1. The lowest BCUT2D eigenvalue weighted by atomic mass is 10.1. The van der Waals surface area contributed by atoms with Gasteiger partial charge in [-0.1, -0.05) is 12.1 Å². The van der Waals surface area contributed by atoms with Crippen LogP contribution in [0.5, 0.6) is 0 Å². The smallest absolute Gasteiger partial charge is 0.324 e. The first-order valence-electron chi connectivity index (χ1n) is 9.93. The SMILES string of the molecule is Cc1c(C(=O)Nc2cccc(CN3C(=O)CNC3=O)c2)sc2nc3n(c(=O)c12)CCC3. The van der Waals surface area contributed by atoms with Crippen molar-refractivity contribution in [3.05, 3.63) is 56.4 Å². The van der Waals surface area contributed by atoms with Crippen LogP contribution in [0.15, 0.2) is 29.1 Å². The van der Waals surface area contributed by atoms with E-state index in [4.69, 9.17) is 0 Å². The van der Waals surface area contributed by atoms with Crippen LogP contribution in [0.25, 0.3) is 10.2 Å². The number of fused-ring (bicyclic) bond motifs is 2. The van der Waals surface area contributed by atoms with Gasteiger partial charge >= 0.3 is 6.03 Å². The van der Waals surface area contributed by atoms with E-state index in [0.717, 1.165) is 23.6 Å². The number of rotatable bonds is 4. The number of anilines is 1. The molecule has 158 valence electrons. The van der Waals surface area contributed by atoms with Crippen molar-refractivity contribution in [2.75, 3.05) is 11.9 Å². The number of urea groups is 1. The molecule has 0 radical (unpaired) electrons. The Morgan fingerprint density at radius 2 is 2.13 bits per heavy atom. The molecule has 1 aromatic carbocycles. The van der Waals surface area contributed by atoms with Gasteiger partial charge in [0.1, 0.15) is 10.7 Å². The zero-order valence-corrected chi connectivity index (χ0v) is 17.5. The minimum atomic E-state index is -0.425. The molecule has 5 rings (SSSR count). The number of hydrogen-bond donors (Lipinski definition) is 2. The van der Waals surface area contributed by atoms with Crippen molar-refractivity contribution < 1.29 is 14.4 Å². The molecular weight excluding hydrogens is 418 g/mol. The first-order valence-corrected chi connectivity index (χ1v) is 10.8. The third kappa shape index (κ3) is 3.28. The molecule has 10 heteroatoms. The van der Waals surface area contributed by atoms with Gasteiger partial charge in [0.2, 0.25) is 5.91 Å². The molecule has 2 aliphatic heterocycles. The van der Waals surface area contributed by atoms with Crippen LogP contribution in [-0.4, -0.2) is 38.8 Å². The minimum Gasteiger partial charge on any atom is -0.329 e. The predicted molar refractivity (Wildman–Crippen MR) is 115 cm³/mol. The van der Waals surface area contributed by atoms with Gasteiger partial charge in [0.25, 0.3) is 11.5 Å². The number of aromatic nitrogens is 2.